The number of hydrogen-bond acceptors (Lipinski definition) is 3. The maximum atomic E-state index is 5.25. The molecule has 0 aliphatic rings. The van der Waals surface area contributed by atoms with E-state index in [2.05, 4.69) is 15.0 Å². The second-order valence-corrected chi connectivity index (χ2v) is 3.31. The summed E-state index contributed by atoms with van der Waals surface area (Å²) in [6.45, 7) is 0. The van der Waals surface area contributed by atoms with Crippen LogP contribution in [-0.4, -0.2) is 15.0 Å². The van der Waals surface area contributed by atoms with Gasteiger partial charge in [0.1, 0.15) is 11.6 Å². The van der Waals surface area contributed by atoms with Gasteiger partial charge in [-0.05, 0) is 24.3 Å². The summed E-state index contributed by atoms with van der Waals surface area (Å²) in [7, 11) is 0. The third-order valence-electron chi connectivity index (χ3n) is 2.23. The van der Waals surface area contributed by atoms with E-state index >= 15 is 0 Å². The monoisotopic (exact) mass is 199 g/mol. The quantitative estimate of drug-likeness (QED) is 0.687. The molecule has 3 aromatic heterocycles. The van der Waals surface area contributed by atoms with Crippen molar-refractivity contribution in [2.45, 2.75) is 6.42 Å². The molecule has 0 spiro atoms. The van der Waals surface area contributed by atoms with Gasteiger partial charge in [-0.25, -0.2) is 9.97 Å². The van der Waals surface area contributed by atoms with Crippen LogP contribution in [0.2, 0.25) is 0 Å². The van der Waals surface area contributed by atoms with Crippen molar-refractivity contribution in [3.63, 3.8) is 0 Å². The van der Waals surface area contributed by atoms with Crippen LogP contribution in [0.25, 0.3) is 11.2 Å². The lowest BCUT2D eigenvalue weighted by Crippen LogP contribution is -1.87. The van der Waals surface area contributed by atoms with Crippen molar-refractivity contribution < 1.29 is 4.42 Å². The molecule has 0 saturated heterocycles. The third kappa shape index (κ3) is 1.50. The summed E-state index contributed by atoms with van der Waals surface area (Å²) in [5.41, 5.74) is 1.71. The van der Waals surface area contributed by atoms with Gasteiger partial charge >= 0.3 is 0 Å². The summed E-state index contributed by atoms with van der Waals surface area (Å²) in [4.78, 5) is 11.7. The number of fused-ring (bicyclic) bond motifs is 1. The second-order valence-electron chi connectivity index (χ2n) is 3.31. The molecule has 3 rings (SSSR count). The first-order valence-electron chi connectivity index (χ1n) is 4.74. The van der Waals surface area contributed by atoms with Crippen molar-refractivity contribution in [1.82, 2.24) is 15.0 Å². The van der Waals surface area contributed by atoms with Gasteiger partial charge in [0.05, 0.1) is 18.2 Å². The van der Waals surface area contributed by atoms with Crippen molar-refractivity contribution in [3.05, 3.63) is 48.3 Å². The fourth-order valence-corrected chi connectivity index (χ4v) is 1.56. The van der Waals surface area contributed by atoms with Crippen LogP contribution in [0, 0.1) is 0 Å². The van der Waals surface area contributed by atoms with Crippen LogP contribution in [0.4, 0.5) is 0 Å². The number of aromatic amines is 1. The number of nitrogens with zero attached hydrogens (tertiary/aromatic N) is 2. The molecule has 74 valence electrons. The van der Waals surface area contributed by atoms with Crippen molar-refractivity contribution in [1.29, 1.82) is 0 Å². The summed E-state index contributed by atoms with van der Waals surface area (Å²) < 4.78 is 5.25. The van der Waals surface area contributed by atoms with Gasteiger partial charge in [0.2, 0.25) is 0 Å². The second kappa shape index (κ2) is 3.24. The van der Waals surface area contributed by atoms with Crippen LogP contribution in [0.5, 0.6) is 0 Å². The predicted molar refractivity (Wildman–Crippen MR) is 55.4 cm³/mol. The summed E-state index contributed by atoms with van der Waals surface area (Å²) in [6.07, 6.45) is 4.07. The summed E-state index contributed by atoms with van der Waals surface area (Å²) in [5.74, 6) is 1.77. The first kappa shape index (κ1) is 8.23. The standard InChI is InChI=1S/C11H9N3O/c1-4-9-11(12-5-1)14-10(13-9)7-8-3-2-6-15-8/h1-6H,7H2,(H,12,13,14). The molecule has 0 aliphatic carbocycles. The molecule has 3 aromatic rings. The first-order chi connectivity index (χ1) is 7.42. The van der Waals surface area contributed by atoms with E-state index in [-0.39, 0.29) is 0 Å². The Morgan fingerprint density at radius 1 is 1.27 bits per heavy atom. The SMILES string of the molecule is c1coc(Cc2nc3ncccc3[nH]2)c1. The zero-order valence-corrected chi connectivity index (χ0v) is 7.97. The van der Waals surface area contributed by atoms with Crippen LogP contribution in [0.15, 0.2) is 41.1 Å². The van der Waals surface area contributed by atoms with E-state index in [4.69, 9.17) is 4.42 Å². The number of furan rings is 1. The molecule has 0 saturated carbocycles. The Bertz CT molecular complexity index is 535. The van der Waals surface area contributed by atoms with E-state index in [1.54, 1.807) is 12.5 Å². The Kier molecular flexibility index (Phi) is 1.78. The lowest BCUT2D eigenvalue weighted by Gasteiger charge is -1.89. The molecule has 4 nitrogen and oxygen atoms in total. The fourth-order valence-electron chi connectivity index (χ4n) is 1.56. The first-order valence-corrected chi connectivity index (χ1v) is 4.74. The minimum absolute atomic E-state index is 0.670. The van der Waals surface area contributed by atoms with E-state index in [0.29, 0.717) is 6.42 Å². The van der Waals surface area contributed by atoms with Gasteiger partial charge in [-0.2, -0.15) is 0 Å². The number of rotatable bonds is 2. The van der Waals surface area contributed by atoms with Crippen LogP contribution in [0.1, 0.15) is 11.6 Å². The molecule has 0 aromatic carbocycles. The van der Waals surface area contributed by atoms with E-state index in [0.717, 1.165) is 22.7 Å². The molecule has 0 bridgehead atoms. The fraction of sp³-hybridized carbons (Fsp3) is 0.0909. The molecule has 0 amide bonds. The molecular weight excluding hydrogens is 190 g/mol. The molecule has 0 aliphatic heterocycles. The van der Waals surface area contributed by atoms with E-state index in [1.165, 1.54) is 0 Å². The molecule has 15 heavy (non-hydrogen) atoms. The Hall–Kier alpha value is -2.10. The van der Waals surface area contributed by atoms with Crippen molar-refractivity contribution in [2.75, 3.05) is 0 Å². The average molecular weight is 199 g/mol. The van der Waals surface area contributed by atoms with Gasteiger partial charge in [0, 0.05) is 6.20 Å². The molecular formula is C11H9N3O. The highest BCUT2D eigenvalue weighted by Gasteiger charge is 2.05. The minimum Gasteiger partial charge on any atom is -0.469 e. The molecule has 1 N–H and O–H groups in total. The predicted octanol–water partition coefficient (Wildman–Crippen LogP) is 2.14. The lowest BCUT2D eigenvalue weighted by atomic mass is 10.3. The maximum absolute atomic E-state index is 5.25. The summed E-state index contributed by atoms with van der Waals surface area (Å²) in [5, 5.41) is 0. The average Bonchev–Trinajstić information content (AvgIpc) is 2.86. The highest BCUT2D eigenvalue weighted by atomic mass is 16.3. The van der Waals surface area contributed by atoms with Crippen LogP contribution < -0.4 is 0 Å². The molecule has 0 atom stereocenters. The molecule has 3 heterocycles. The number of aromatic nitrogens is 3. The number of H-pyrrole nitrogens is 1. The van der Waals surface area contributed by atoms with Crippen molar-refractivity contribution in [2.24, 2.45) is 0 Å². The molecule has 0 unspecified atom stereocenters. The number of nitrogens with one attached hydrogen (secondary N) is 1. The zero-order chi connectivity index (χ0) is 10.1. The molecule has 0 radical (unpaired) electrons. The highest BCUT2D eigenvalue weighted by Crippen LogP contribution is 2.11. The highest BCUT2D eigenvalue weighted by molar-refractivity contribution is 5.69. The van der Waals surface area contributed by atoms with Gasteiger partial charge in [0.25, 0.3) is 0 Å². The molecule has 0 fully saturated rings. The summed E-state index contributed by atoms with van der Waals surface area (Å²) >= 11 is 0. The Morgan fingerprint density at radius 3 is 3.07 bits per heavy atom. The van der Waals surface area contributed by atoms with Gasteiger partial charge in [-0.15, -0.1) is 0 Å². The van der Waals surface area contributed by atoms with Crippen LogP contribution in [0.3, 0.4) is 0 Å². The number of hydrogen-bond donors (Lipinski definition) is 1. The van der Waals surface area contributed by atoms with Gasteiger partial charge in [0.15, 0.2) is 5.65 Å². The molecule has 4 heteroatoms. The lowest BCUT2D eigenvalue weighted by molar-refractivity contribution is 0.518. The van der Waals surface area contributed by atoms with Crippen LogP contribution in [-0.2, 0) is 6.42 Å². The zero-order valence-electron chi connectivity index (χ0n) is 7.97. The smallest absolute Gasteiger partial charge is 0.177 e. The van der Waals surface area contributed by atoms with Crippen LogP contribution >= 0.6 is 0 Å². The topological polar surface area (TPSA) is 54.7 Å². The number of imidazole rings is 1. The van der Waals surface area contributed by atoms with Gasteiger partial charge in [-0.1, -0.05) is 0 Å². The summed E-state index contributed by atoms with van der Waals surface area (Å²) in [6, 6.07) is 7.65. The third-order valence-corrected chi connectivity index (χ3v) is 2.23. The normalized spacial score (nSPS) is 10.9. The Balaban J connectivity index is 1.98. The van der Waals surface area contributed by atoms with Gasteiger partial charge in [-0.3, -0.25) is 0 Å². The van der Waals surface area contributed by atoms with E-state index < -0.39 is 0 Å². The van der Waals surface area contributed by atoms with Crippen molar-refractivity contribution in [3.8, 4) is 0 Å². The number of pyridine rings is 1. The van der Waals surface area contributed by atoms with Crippen molar-refractivity contribution >= 4 is 11.2 Å². The van der Waals surface area contributed by atoms with E-state index in [1.807, 2.05) is 24.3 Å². The largest absolute Gasteiger partial charge is 0.469 e. The minimum atomic E-state index is 0.670. The Morgan fingerprint density at radius 2 is 2.27 bits per heavy atom. The Labute approximate surface area is 86.0 Å². The van der Waals surface area contributed by atoms with Gasteiger partial charge < -0.3 is 9.40 Å². The van der Waals surface area contributed by atoms with E-state index in [9.17, 15) is 0 Å². The maximum Gasteiger partial charge on any atom is 0.177 e.